The van der Waals surface area contributed by atoms with Crippen molar-refractivity contribution in [2.24, 2.45) is 0 Å². The molecule has 126 valence electrons. The Hall–Kier alpha value is -2.56. The van der Waals surface area contributed by atoms with E-state index in [1.807, 2.05) is 20.0 Å². The van der Waals surface area contributed by atoms with Gasteiger partial charge in [-0.3, -0.25) is 0 Å². The van der Waals surface area contributed by atoms with E-state index in [4.69, 9.17) is 0 Å². The molecule has 0 bridgehead atoms. The maximum absolute atomic E-state index is 4.47. The maximum Gasteiger partial charge on any atom is 0.224 e. The summed E-state index contributed by atoms with van der Waals surface area (Å²) in [5, 5.41) is 7.74. The van der Waals surface area contributed by atoms with E-state index in [0.29, 0.717) is 5.95 Å². The van der Waals surface area contributed by atoms with Crippen molar-refractivity contribution in [3.05, 3.63) is 46.3 Å². The number of hydrogen-bond acceptors (Lipinski definition) is 4. The number of anilines is 2. The third-order valence-corrected chi connectivity index (χ3v) is 4.39. The second kappa shape index (κ2) is 6.51. The third kappa shape index (κ3) is 3.07. The van der Waals surface area contributed by atoms with E-state index < -0.39 is 0 Å². The highest BCUT2D eigenvalue weighted by Gasteiger charge is 2.11. The average molecular weight is 323 g/mol. The molecule has 3 N–H and O–H groups in total. The minimum atomic E-state index is 0.635. The van der Waals surface area contributed by atoms with E-state index in [9.17, 15) is 0 Å². The Balaban J connectivity index is 1.94. The summed E-state index contributed by atoms with van der Waals surface area (Å²) in [5.41, 5.74) is 7.37. The topological polar surface area (TPSA) is 65.6 Å². The van der Waals surface area contributed by atoms with Crippen LogP contribution in [0.4, 0.5) is 11.8 Å². The Morgan fingerprint density at radius 3 is 2.58 bits per heavy atom. The molecule has 0 radical (unpaired) electrons. The summed E-state index contributed by atoms with van der Waals surface area (Å²) < 4.78 is 0. The predicted molar refractivity (Wildman–Crippen MR) is 101 cm³/mol. The molecule has 5 heteroatoms. The summed E-state index contributed by atoms with van der Waals surface area (Å²) in [7, 11) is 1.83. The minimum Gasteiger partial charge on any atom is -0.366 e. The van der Waals surface area contributed by atoms with Gasteiger partial charge >= 0.3 is 0 Å². The Labute approximate surface area is 142 Å². The fourth-order valence-corrected chi connectivity index (χ4v) is 3.16. The molecule has 3 aromatic rings. The van der Waals surface area contributed by atoms with Gasteiger partial charge in [0.05, 0.1) is 5.52 Å². The lowest BCUT2D eigenvalue weighted by Crippen LogP contribution is -2.06. The maximum atomic E-state index is 4.47. The molecular weight excluding hydrogens is 298 g/mol. The Kier molecular flexibility index (Phi) is 4.42. The van der Waals surface area contributed by atoms with Gasteiger partial charge in [-0.05, 0) is 44.4 Å². The molecule has 1 aromatic carbocycles. The van der Waals surface area contributed by atoms with E-state index in [-0.39, 0.29) is 0 Å². The summed E-state index contributed by atoms with van der Waals surface area (Å²) >= 11 is 0. The van der Waals surface area contributed by atoms with Gasteiger partial charge in [-0.15, -0.1) is 0 Å². The normalized spacial score (nSPS) is 11.0. The molecule has 0 spiro atoms. The van der Waals surface area contributed by atoms with Crippen LogP contribution < -0.4 is 10.6 Å². The van der Waals surface area contributed by atoms with Crippen LogP contribution >= 0.6 is 0 Å². The molecule has 0 saturated carbocycles. The van der Waals surface area contributed by atoms with Gasteiger partial charge in [0, 0.05) is 36.4 Å². The molecule has 0 aliphatic carbocycles. The number of aromatic amines is 1. The standard InChI is InChI=1S/C19H25N5/c1-6-16-13(4)15-8-11(2)7-14(18(15)23-16)10-21-17-9-12(3)22-19(20-5)24-17/h7-9,23H,6,10H2,1-5H3,(H2,20,21,22,24). The molecule has 0 atom stereocenters. The van der Waals surface area contributed by atoms with Crippen molar-refractivity contribution in [3.63, 3.8) is 0 Å². The molecule has 5 nitrogen and oxygen atoms in total. The first-order valence-corrected chi connectivity index (χ1v) is 8.39. The SMILES string of the molecule is CCc1[nH]c2c(CNc3cc(C)nc(NC)n3)cc(C)cc2c1C. The highest BCUT2D eigenvalue weighted by molar-refractivity contribution is 5.88. The zero-order valence-corrected chi connectivity index (χ0v) is 15.0. The van der Waals surface area contributed by atoms with E-state index in [2.05, 4.69) is 58.5 Å². The predicted octanol–water partition coefficient (Wildman–Crippen LogP) is 4.10. The number of benzene rings is 1. The third-order valence-electron chi connectivity index (χ3n) is 4.39. The van der Waals surface area contributed by atoms with Crippen molar-refractivity contribution < 1.29 is 0 Å². The van der Waals surface area contributed by atoms with Gasteiger partial charge in [0.1, 0.15) is 5.82 Å². The molecule has 2 aromatic heterocycles. The smallest absolute Gasteiger partial charge is 0.224 e. The number of H-pyrrole nitrogens is 1. The van der Waals surface area contributed by atoms with Crippen molar-refractivity contribution >= 4 is 22.7 Å². The molecule has 0 fully saturated rings. The largest absolute Gasteiger partial charge is 0.366 e. The first-order valence-electron chi connectivity index (χ1n) is 8.39. The first-order chi connectivity index (χ1) is 11.5. The highest BCUT2D eigenvalue weighted by Crippen LogP contribution is 2.27. The lowest BCUT2D eigenvalue weighted by atomic mass is 10.0. The minimum absolute atomic E-state index is 0.635. The van der Waals surface area contributed by atoms with Gasteiger partial charge in [0.2, 0.25) is 5.95 Å². The quantitative estimate of drug-likeness (QED) is 0.661. The second-order valence-corrected chi connectivity index (χ2v) is 6.25. The number of fused-ring (bicyclic) bond motifs is 1. The lowest BCUT2D eigenvalue weighted by molar-refractivity contribution is 1.04. The molecule has 0 amide bonds. The van der Waals surface area contributed by atoms with E-state index >= 15 is 0 Å². The van der Waals surface area contributed by atoms with Gasteiger partial charge in [0.25, 0.3) is 0 Å². The van der Waals surface area contributed by atoms with Gasteiger partial charge < -0.3 is 15.6 Å². The van der Waals surface area contributed by atoms with Crippen molar-refractivity contribution in [1.29, 1.82) is 0 Å². The molecule has 3 rings (SSSR count). The van der Waals surface area contributed by atoms with Crippen molar-refractivity contribution in [3.8, 4) is 0 Å². The van der Waals surface area contributed by atoms with Crippen LogP contribution in [0, 0.1) is 20.8 Å². The van der Waals surface area contributed by atoms with Crippen molar-refractivity contribution in [2.45, 2.75) is 40.7 Å². The first kappa shape index (κ1) is 16.3. The van der Waals surface area contributed by atoms with Crippen LogP contribution in [0.2, 0.25) is 0 Å². The summed E-state index contributed by atoms with van der Waals surface area (Å²) in [5.74, 6) is 1.47. The second-order valence-electron chi connectivity index (χ2n) is 6.25. The van der Waals surface area contributed by atoms with Gasteiger partial charge in [-0.25, -0.2) is 4.98 Å². The van der Waals surface area contributed by atoms with Crippen LogP contribution in [0.1, 0.15) is 35.0 Å². The zero-order chi connectivity index (χ0) is 17.3. The summed E-state index contributed by atoms with van der Waals surface area (Å²) in [4.78, 5) is 12.4. The Bertz CT molecular complexity index is 879. The number of rotatable bonds is 5. The van der Waals surface area contributed by atoms with Crippen LogP contribution in [-0.2, 0) is 13.0 Å². The van der Waals surface area contributed by atoms with E-state index in [0.717, 1.165) is 24.5 Å². The summed E-state index contributed by atoms with van der Waals surface area (Å²) in [6.45, 7) is 9.23. The number of aryl methyl sites for hydroxylation is 4. The van der Waals surface area contributed by atoms with Crippen molar-refractivity contribution in [1.82, 2.24) is 15.0 Å². The molecule has 24 heavy (non-hydrogen) atoms. The summed E-state index contributed by atoms with van der Waals surface area (Å²) in [6.07, 6.45) is 1.02. The number of nitrogens with one attached hydrogen (secondary N) is 3. The van der Waals surface area contributed by atoms with Crippen LogP contribution in [0.3, 0.4) is 0 Å². The van der Waals surface area contributed by atoms with E-state index in [1.165, 1.54) is 33.3 Å². The van der Waals surface area contributed by atoms with Gasteiger partial charge in [-0.1, -0.05) is 18.6 Å². The fraction of sp³-hybridized carbons (Fsp3) is 0.368. The van der Waals surface area contributed by atoms with Crippen LogP contribution in [0.5, 0.6) is 0 Å². The number of aromatic nitrogens is 3. The lowest BCUT2D eigenvalue weighted by Gasteiger charge is -2.10. The average Bonchev–Trinajstić information content (AvgIpc) is 2.88. The van der Waals surface area contributed by atoms with Crippen molar-refractivity contribution in [2.75, 3.05) is 17.7 Å². The highest BCUT2D eigenvalue weighted by atomic mass is 15.1. The van der Waals surface area contributed by atoms with Crippen LogP contribution in [0.15, 0.2) is 18.2 Å². The molecule has 0 aliphatic heterocycles. The fourth-order valence-electron chi connectivity index (χ4n) is 3.16. The van der Waals surface area contributed by atoms with Gasteiger partial charge in [0.15, 0.2) is 0 Å². The van der Waals surface area contributed by atoms with Gasteiger partial charge in [-0.2, -0.15) is 4.98 Å². The van der Waals surface area contributed by atoms with E-state index in [1.54, 1.807) is 0 Å². The summed E-state index contributed by atoms with van der Waals surface area (Å²) in [6, 6.07) is 6.46. The molecule has 2 heterocycles. The number of nitrogens with zero attached hydrogens (tertiary/aromatic N) is 2. The van der Waals surface area contributed by atoms with Crippen LogP contribution in [0.25, 0.3) is 10.9 Å². The molecule has 0 unspecified atom stereocenters. The Morgan fingerprint density at radius 1 is 1.08 bits per heavy atom. The monoisotopic (exact) mass is 323 g/mol. The Morgan fingerprint density at radius 2 is 1.88 bits per heavy atom. The van der Waals surface area contributed by atoms with Crippen LogP contribution in [-0.4, -0.2) is 22.0 Å². The molecular formula is C19H25N5. The molecule has 0 aliphatic rings. The number of hydrogen-bond donors (Lipinski definition) is 3. The molecule has 0 saturated heterocycles. The zero-order valence-electron chi connectivity index (χ0n) is 15.0.